The zero-order valence-electron chi connectivity index (χ0n) is 12.1. The number of rotatable bonds is 3. The van der Waals surface area contributed by atoms with Gasteiger partial charge in [0.25, 0.3) is 0 Å². The van der Waals surface area contributed by atoms with Crippen molar-refractivity contribution in [1.29, 1.82) is 0 Å². The fraction of sp³-hybridized carbons (Fsp3) is 0.167. The third kappa shape index (κ3) is 4.39. The molecule has 20 heavy (non-hydrogen) atoms. The number of aromatic hydroxyl groups is 1. The van der Waals surface area contributed by atoms with E-state index in [2.05, 4.69) is 0 Å². The first-order valence-electron chi connectivity index (χ1n) is 6.74. The number of carbonyl (C=O) groups excluding carboxylic acids is 1. The number of carbonyl (C=O) groups is 1. The van der Waals surface area contributed by atoms with Crippen LogP contribution in [0.1, 0.15) is 35.3 Å². The largest absolute Gasteiger partial charge is 0.508 e. The van der Waals surface area contributed by atoms with Crippen molar-refractivity contribution in [3.05, 3.63) is 71.3 Å². The molecule has 0 amide bonds. The van der Waals surface area contributed by atoms with Gasteiger partial charge in [0.2, 0.25) is 0 Å². The number of hydrogen-bond acceptors (Lipinski definition) is 2. The van der Waals surface area contributed by atoms with E-state index in [1.807, 2.05) is 44.2 Å². The van der Waals surface area contributed by atoms with E-state index in [0.29, 0.717) is 11.1 Å². The highest BCUT2D eigenvalue weighted by atomic mass is 16.3. The Morgan fingerprint density at radius 3 is 2.30 bits per heavy atom. The Morgan fingerprint density at radius 2 is 1.70 bits per heavy atom. The molecule has 0 radical (unpaired) electrons. The van der Waals surface area contributed by atoms with Crippen molar-refractivity contribution in [2.24, 2.45) is 0 Å². The molecule has 0 aromatic heterocycles. The standard InChI is InChI=1S/C16H14O2.C2H6/c1-12-11-14(8-10-15(12)17)16(18)9-7-13-5-3-2-4-6-13;1-2/h2-11,17H,1H3;1-2H3/b9-7+;. The molecular formula is C18H20O2. The molecule has 0 spiro atoms. The summed E-state index contributed by atoms with van der Waals surface area (Å²) in [6.07, 6.45) is 3.33. The van der Waals surface area contributed by atoms with Crippen molar-refractivity contribution in [2.45, 2.75) is 20.8 Å². The Bertz CT molecular complexity index is 584. The number of allylic oxidation sites excluding steroid dienone is 1. The van der Waals surface area contributed by atoms with Gasteiger partial charge < -0.3 is 5.11 Å². The first kappa shape index (κ1) is 15.7. The maximum absolute atomic E-state index is 11.9. The second-order valence-corrected chi connectivity index (χ2v) is 4.11. The number of phenolic OH excluding ortho intramolecular Hbond substituents is 1. The molecule has 2 heteroatoms. The maximum Gasteiger partial charge on any atom is 0.185 e. The summed E-state index contributed by atoms with van der Waals surface area (Å²) in [7, 11) is 0. The molecule has 0 fully saturated rings. The van der Waals surface area contributed by atoms with Crippen LogP contribution in [0.4, 0.5) is 0 Å². The summed E-state index contributed by atoms with van der Waals surface area (Å²) in [6, 6.07) is 14.5. The first-order chi connectivity index (χ1) is 9.66. The first-order valence-corrected chi connectivity index (χ1v) is 6.74. The second kappa shape index (κ2) is 7.95. The number of ketones is 1. The smallest absolute Gasteiger partial charge is 0.185 e. The summed E-state index contributed by atoms with van der Waals surface area (Å²) in [5.74, 6) is 0.139. The van der Waals surface area contributed by atoms with Crippen molar-refractivity contribution < 1.29 is 9.90 Å². The third-order valence-electron chi connectivity index (χ3n) is 2.71. The third-order valence-corrected chi connectivity index (χ3v) is 2.71. The van der Waals surface area contributed by atoms with Crippen LogP contribution >= 0.6 is 0 Å². The van der Waals surface area contributed by atoms with Crippen LogP contribution in [0, 0.1) is 6.92 Å². The van der Waals surface area contributed by atoms with Gasteiger partial charge in [-0.15, -0.1) is 0 Å². The van der Waals surface area contributed by atoms with Gasteiger partial charge in [-0.05, 0) is 42.3 Å². The van der Waals surface area contributed by atoms with Crippen LogP contribution in [0.2, 0.25) is 0 Å². The van der Waals surface area contributed by atoms with Crippen LogP contribution in [-0.2, 0) is 0 Å². The van der Waals surface area contributed by atoms with E-state index in [1.54, 1.807) is 37.3 Å². The van der Waals surface area contributed by atoms with Crippen LogP contribution in [0.25, 0.3) is 6.08 Å². The lowest BCUT2D eigenvalue weighted by molar-refractivity contribution is 0.104. The second-order valence-electron chi connectivity index (χ2n) is 4.11. The molecule has 2 nitrogen and oxygen atoms in total. The Labute approximate surface area is 120 Å². The van der Waals surface area contributed by atoms with Crippen molar-refractivity contribution in [3.63, 3.8) is 0 Å². The van der Waals surface area contributed by atoms with Gasteiger partial charge in [-0.25, -0.2) is 0 Å². The van der Waals surface area contributed by atoms with Gasteiger partial charge in [-0.3, -0.25) is 4.79 Å². The molecule has 0 unspecified atom stereocenters. The fourth-order valence-electron chi connectivity index (χ4n) is 1.64. The van der Waals surface area contributed by atoms with Crippen LogP contribution in [-0.4, -0.2) is 10.9 Å². The van der Waals surface area contributed by atoms with E-state index < -0.39 is 0 Å². The molecule has 2 aromatic rings. The van der Waals surface area contributed by atoms with Gasteiger partial charge in [0.1, 0.15) is 5.75 Å². The molecule has 2 rings (SSSR count). The van der Waals surface area contributed by atoms with Gasteiger partial charge in [0, 0.05) is 5.56 Å². The van der Waals surface area contributed by atoms with E-state index in [4.69, 9.17) is 0 Å². The zero-order chi connectivity index (χ0) is 15.0. The van der Waals surface area contributed by atoms with E-state index in [-0.39, 0.29) is 11.5 Å². The molecule has 0 aliphatic heterocycles. The van der Waals surface area contributed by atoms with Gasteiger partial charge >= 0.3 is 0 Å². The number of phenols is 1. The maximum atomic E-state index is 11.9. The molecule has 0 saturated heterocycles. The van der Waals surface area contributed by atoms with Crippen molar-refractivity contribution >= 4 is 11.9 Å². The fourth-order valence-corrected chi connectivity index (χ4v) is 1.64. The lowest BCUT2D eigenvalue weighted by Crippen LogP contribution is -1.94. The van der Waals surface area contributed by atoms with Crippen molar-refractivity contribution in [3.8, 4) is 5.75 Å². The van der Waals surface area contributed by atoms with E-state index in [1.165, 1.54) is 0 Å². The van der Waals surface area contributed by atoms with Gasteiger partial charge in [-0.2, -0.15) is 0 Å². The van der Waals surface area contributed by atoms with Crippen LogP contribution in [0.5, 0.6) is 5.75 Å². The Balaban J connectivity index is 0.000000956. The minimum Gasteiger partial charge on any atom is -0.508 e. The Morgan fingerprint density at radius 1 is 1.05 bits per heavy atom. The average molecular weight is 268 g/mol. The summed E-state index contributed by atoms with van der Waals surface area (Å²) >= 11 is 0. The van der Waals surface area contributed by atoms with Crippen molar-refractivity contribution in [1.82, 2.24) is 0 Å². The predicted molar refractivity (Wildman–Crippen MR) is 84.0 cm³/mol. The highest BCUT2D eigenvalue weighted by Gasteiger charge is 2.03. The normalized spacial score (nSPS) is 9.95. The highest BCUT2D eigenvalue weighted by Crippen LogP contribution is 2.17. The minimum atomic E-state index is -0.0676. The SMILES string of the molecule is CC.Cc1cc(C(=O)/C=C/c2ccccc2)ccc1O. The summed E-state index contributed by atoms with van der Waals surface area (Å²) in [6.45, 7) is 5.77. The molecule has 0 bridgehead atoms. The minimum absolute atomic E-state index is 0.0676. The molecule has 0 atom stereocenters. The van der Waals surface area contributed by atoms with Crippen LogP contribution in [0.3, 0.4) is 0 Å². The molecule has 1 N–H and O–H groups in total. The summed E-state index contributed by atoms with van der Waals surface area (Å²) in [4.78, 5) is 11.9. The zero-order valence-corrected chi connectivity index (χ0v) is 12.1. The number of benzene rings is 2. The molecular weight excluding hydrogens is 248 g/mol. The Kier molecular flexibility index (Phi) is 6.24. The lowest BCUT2D eigenvalue weighted by Gasteiger charge is -2.00. The predicted octanol–water partition coefficient (Wildman–Crippen LogP) is 4.62. The number of hydrogen-bond donors (Lipinski definition) is 1. The topological polar surface area (TPSA) is 37.3 Å². The van der Waals surface area contributed by atoms with Crippen LogP contribution < -0.4 is 0 Å². The van der Waals surface area contributed by atoms with Gasteiger partial charge in [0.05, 0.1) is 0 Å². The molecule has 0 saturated carbocycles. The summed E-state index contributed by atoms with van der Waals surface area (Å²) in [5.41, 5.74) is 2.27. The molecule has 0 aliphatic rings. The van der Waals surface area contributed by atoms with Crippen molar-refractivity contribution in [2.75, 3.05) is 0 Å². The van der Waals surface area contributed by atoms with E-state index >= 15 is 0 Å². The lowest BCUT2D eigenvalue weighted by atomic mass is 10.1. The van der Waals surface area contributed by atoms with Gasteiger partial charge in [0.15, 0.2) is 5.78 Å². The number of aryl methyl sites for hydroxylation is 1. The average Bonchev–Trinajstić information content (AvgIpc) is 2.50. The monoisotopic (exact) mass is 268 g/mol. The van der Waals surface area contributed by atoms with Gasteiger partial charge in [-0.1, -0.05) is 50.3 Å². The molecule has 0 heterocycles. The summed E-state index contributed by atoms with van der Waals surface area (Å²) < 4.78 is 0. The van der Waals surface area contributed by atoms with E-state index in [0.717, 1.165) is 5.56 Å². The molecule has 0 aliphatic carbocycles. The van der Waals surface area contributed by atoms with E-state index in [9.17, 15) is 9.90 Å². The molecule has 104 valence electrons. The highest BCUT2D eigenvalue weighted by molar-refractivity contribution is 6.07. The quantitative estimate of drug-likeness (QED) is 0.651. The molecule has 2 aromatic carbocycles. The summed E-state index contributed by atoms with van der Waals surface area (Å²) in [5, 5.41) is 9.40. The Hall–Kier alpha value is -2.35. The van der Waals surface area contributed by atoms with Crippen LogP contribution in [0.15, 0.2) is 54.6 Å².